The number of aryl methyl sites for hydroxylation is 3. The van der Waals surface area contributed by atoms with Crippen LogP contribution < -0.4 is 0 Å². The fraction of sp³-hybridized carbons (Fsp3) is 0.552. The maximum Gasteiger partial charge on any atom is 0.416 e. The standard InChI is InChI=1S/C58H79F3Si2/c1-16-18-20-22-24-45-31-48-34-54-52(27-29-63(41(9)10,42(11)12)43(13)14)56-36-50-37-57(58(59,60)61)46(25-23-21-19-17-2)32-49(50)35-55(56)51(53(54)33-47(48)30-44(45)15)26-28-62(38(3)4,39(5)6)40(7)8/h30-43H,16-25H2,1-15H3. The molecular formula is C58H79F3Si2. The minimum atomic E-state index is -4.45. The molecule has 5 aromatic rings. The van der Waals surface area contributed by atoms with E-state index in [2.05, 4.69) is 157 Å². The fourth-order valence-corrected chi connectivity index (χ4v) is 22.1. The number of halogens is 3. The molecule has 0 unspecified atom stereocenters. The summed E-state index contributed by atoms with van der Waals surface area (Å²) in [6, 6.07) is 16.9. The van der Waals surface area contributed by atoms with Gasteiger partial charge in [-0.05, 0) is 156 Å². The number of unbranched alkanes of at least 4 members (excludes halogenated alkanes) is 6. The Hall–Kier alpha value is -3.52. The second kappa shape index (κ2) is 20.8. The van der Waals surface area contributed by atoms with Gasteiger partial charge in [0.15, 0.2) is 0 Å². The predicted molar refractivity (Wildman–Crippen MR) is 278 cm³/mol. The van der Waals surface area contributed by atoms with E-state index in [0.717, 1.165) is 70.2 Å². The van der Waals surface area contributed by atoms with Crippen LogP contribution in [0.25, 0.3) is 43.1 Å². The normalized spacial score (nSPS) is 12.9. The minimum Gasteiger partial charge on any atom is -0.166 e. The van der Waals surface area contributed by atoms with Crippen molar-refractivity contribution in [3.05, 3.63) is 81.9 Å². The van der Waals surface area contributed by atoms with Gasteiger partial charge in [0, 0.05) is 11.1 Å². The van der Waals surface area contributed by atoms with Crippen LogP contribution in [0, 0.1) is 29.9 Å². The first-order chi connectivity index (χ1) is 29.6. The smallest absolute Gasteiger partial charge is 0.166 e. The van der Waals surface area contributed by atoms with Crippen LogP contribution in [-0.2, 0) is 19.0 Å². The van der Waals surface area contributed by atoms with Crippen LogP contribution in [0.4, 0.5) is 13.2 Å². The number of alkyl halides is 3. The highest BCUT2D eigenvalue weighted by Gasteiger charge is 2.43. The van der Waals surface area contributed by atoms with Gasteiger partial charge in [0.1, 0.15) is 16.1 Å². The molecule has 0 bridgehead atoms. The molecule has 0 nitrogen and oxygen atoms in total. The molecule has 0 fully saturated rings. The van der Waals surface area contributed by atoms with Crippen molar-refractivity contribution < 1.29 is 13.2 Å². The summed E-state index contributed by atoms with van der Waals surface area (Å²) in [6.45, 7) is 34.8. The first kappa shape index (κ1) is 50.5. The molecule has 0 atom stereocenters. The van der Waals surface area contributed by atoms with Crippen molar-refractivity contribution in [2.75, 3.05) is 0 Å². The molecule has 0 amide bonds. The van der Waals surface area contributed by atoms with Gasteiger partial charge in [-0.15, -0.1) is 11.1 Å². The van der Waals surface area contributed by atoms with Crippen molar-refractivity contribution in [2.45, 2.75) is 207 Å². The van der Waals surface area contributed by atoms with Crippen LogP contribution in [0.1, 0.15) is 182 Å². The van der Waals surface area contributed by atoms with Gasteiger partial charge in [-0.2, -0.15) is 13.2 Å². The van der Waals surface area contributed by atoms with E-state index in [4.69, 9.17) is 0 Å². The summed E-state index contributed by atoms with van der Waals surface area (Å²) in [5.41, 5.74) is 15.3. The summed E-state index contributed by atoms with van der Waals surface area (Å²) in [7, 11) is -4.40. The molecule has 0 heterocycles. The topological polar surface area (TPSA) is 0 Å². The Balaban J connectivity index is 2.05. The molecule has 0 aliphatic carbocycles. The Morgan fingerprint density at radius 1 is 0.444 bits per heavy atom. The molecule has 0 aliphatic rings. The van der Waals surface area contributed by atoms with Crippen LogP contribution in [0.15, 0.2) is 48.5 Å². The summed E-state index contributed by atoms with van der Waals surface area (Å²) >= 11 is 0. The molecule has 0 radical (unpaired) electrons. The van der Waals surface area contributed by atoms with Gasteiger partial charge in [0.2, 0.25) is 0 Å². The van der Waals surface area contributed by atoms with E-state index >= 15 is 0 Å². The zero-order valence-electron chi connectivity index (χ0n) is 41.8. The van der Waals surface area contributed by atoms with Gasteiger partial charge in [0.25, 0.3) is 0 Å². The molecule has 340 valence electrons. The maximum absolute atomic E-state index is 15.0. The molecular weight excluding hydrogens is 810 g/mol. The van der Waals surface area contributed by atoms with Crippen LogP contribution in [0.3, 0.4) is 0 Å². The lowest BCUT2D eigenvalue weighted by molar-refractivity contribution is -0.138. The van der Waals surface area contributed by atoms with Gasteiger partial charge in [-0.3, -0.25) is 0 Å². The molecule has 0 aliphatic heterocycles. The first-order valence-electron chi connectivity index (χ1n) is 24.7. The van der Waals surface area contributed by atoms with Crippen molar-refractivity contribution in [3.8, 4) is 22.9 Å². The Morgan fingerprint density at radius 3 is 1.13 bits per heavy atom. The lowest BCUT2D eigenvalue weighted by Crippen LogP contribution is -2.43. The summed E-state index contributed by atoms with van der Waals surface area (Å²) in [6.07, 6.45) is 5.59. The van der Waals surface area contributed by atoms with Crippen LogP contribution in [-0.4, -0.2) is 16.1 Å². The Labute approximate surface area is 383 Å². The average molecular weight is 889 g/mol. The highest BCUT2D eigenvalue weighted by Crippen LogP contribution is 2.45. The molecule has 5 heteroatoms. The van der Waals surface area contributed by atoms with Crippen LogP contribution >= 0.6 is 0 Å². The van der Waals surface area contributed by atoms with E-state index in [1.54, 1.807) is 0 Å². The SMILES string of the molecule is CCCCCCc1cc2cc3c(C#C[Si](C(C)C)(C(C)C)C(C)C)c4cc5cc(C(F)(F)F)c(CCCCCC)cc5cc4c(C#C[Si](C(C)C)(C(C)C)C(C)C)c3cc2cc1C. The fourth-order valence-electron chi connectivity index (χ4n) is 11.7. The largest absolute Gasteiger partial charge is 0.416 e. The van der Waals surface area contributed by atoms with Crippen molar-refractivity contribution >= 4 is 59.2 Å². The molecule has 0 saturated heterocycles. The number of benzene rings is 5. The third-order valence-electron chi connectivity index (χ3n) is 15.2. The van der Waals surface area contributed by atoms with E-state index in [1.807, 2.05) is 12.1 Å². The predicted octanol–water partition coefficient (Wildman–Crippen LogP) is 19.0. The van der Waals surface area contributed by atoms with E-state index in [0.29, 0.717) is 50.6 Å². The van der Waals surface area contributed by atoms with Gasteiger partial charge in [-0.25, -0.2) is 0 Å². The van der Waals surface area contributed by atoms with Crippen LogP contribution in [0.2, 0.25) is 33.2 Å². The van der Waals surface area contributed by atoms with Gasteiger partial charge >= 0.3 is 6.18 Å². The summed E-state index contributed by atoms with van der Waals surface area (Å²) in [5, 5.41) is 7.88. The van der Waals surface area contributed by atoms with Crippen molar-refractivity contribution in [3.63, 3.8) is 0 Å². The summed E-state index contributed by atoms with van der Waals surface area (Å²) in [4.78, 5) is 0. The van der Waals surface area contributed by atoms with E-state index in [9.17, 15) is 13.2 Å². The van der Waals surface area contributed by atoms with Crippen LogP contribution in [0.5, 0.6) is 0 Å². The lowest BCUT2D eigenvalue weighted by atomic mass is 9.87. The van der Waals surface area contributed by atoms with E-state index < -0.39 is 27.9 Å². The quantitative estimate of drug-likeness (QED) is 0.0401. The second-order valence-corrected chi connectivity index (χ2v) is 32.1. The lowest BCUT2D eigenvalue weighted by Gasteiger charge is -2.38. The van der Waals surface area contributed by atoms with E-state index in [-0.39, 0.29) is 0 Å². The van der Waals surface area contributed by atoms with Gasteiger partial charge in [-0.1, -0.05) is 165 Å². The molecule has 0 N–H and O–H groups in total. The highest BCUT2D eigenvalue weighted by molar-refractivity contribution is 6.91. The zero-order chi connectivity index (χ0) is 46.6. The zero-order valence-corrected chi connectivity index (χ0v) is 43.8. The molecule has 0 spiro atoms. The molecule has 5 aromatic carbocycles. The van der Waals surface area contributed by atoms with Gasteiger partial charge in [0.05, 0.1) is 5.56 Å². The maximum atomic E-state index is 15.0. The first-order valence-corrected chi connectivity index (χ1v) is 29.2. The molecule has 63 heavy (non-hydrogen) atoms. The third-order valence-corrected chi connectivity index (χ3v) is 27.7. The van der Waals surface area contributed by atoms with Crippen molar-refractivity contribution in [2.24, 2.45) is 0 Å². The third kappa shape index (κ3) is 10.3. The number of hydrogen-bond acceptors (Lipinski definition) is 0. The number of hydrogen-bond donors (Lipinski definition) is 0. The van der Waals surface area contributed by atoms with Crippen molar-refractivity contribution in [1.29, 1.82) is 0 Å². The van der Waals surface area contributed by atoms with Crippen molar-refractivity contribution in [1.82, 2.24) is 0 Å². The summed E-state index contributed by atoms with van der Waals surface area (Å²) < 4.78 is 45.0. The molecule has 5 rings (SSSR count). The Morgan fingerprint density at radius 2 is 0.778 bits per heavy atom. The number of rotatable bonds is 16. The average Bonchev–Trinajstić information content (AvgIpc) is 3.19. The molecule has 0 aromatic heterocycles. The molecule has 0 saturated carbocycles. The van der Waals surface area contributed by atoms with Gasteiger partial charge < -0.3 is 0 Å². The Bertz CT molecular complexity index is 2480. The monoisotopic (exact) mass is 889 g/mol. The minimum absolute atomic E-state index is 0.387. The second-order valence-electron chi connectivity index (χ2n) is 20.9. The van der Waals surface area contributed by atoms with E-state index in [1.165, 1.54) is 53.6 Å². The number of fused-ring (bicyclic) bond motifs is 4. The Kier molecular flexibility index (Phi) is 16.6. The highest BCUT2D eigenvalue weighted by atomic mass is 28.3. The summed E-state index contributed by atoms with van der Waals surface area (Å²) in [5.74, 6) is 7.88.